The molecule has 1 aliphatic heterocycles. The number of amides is 2. The maximum atomic E-state index is 13.6. The molecule has 1 saturated heterocycles. The Bertz CT molecular complexity index is 484. The van der Waals surface area contributed by atoms with E-state index >= 15 is 0 Å². The van der Waals surface area contributed by atoms with Gasteiger partial charge in [-0.05, 0) is 12.1 Å². The van der Waals surface area contributed by atoms with Crippen LogP contribution in [0.2, 0.25) is 0 Å². The number of anilines is 1. The summed E-state index contributed by atoms with van der Waals surface area (Å²) in [5.74, 6) is -0.835. The van der Waals surface area contributed by atoms with Crippen LogP contribution in [0, 0.1) is 5.82 Å². The van der Waals surface area contributed by atoms with Gasteiger partial charge in [0.1, 0.15) is 12.4 Å². The normalized spacial score (nSPS) is 16.3. The zero-order valence-corrected chi connectivity index (χ0v) is 10.0. The van der Waals surface area contributed by atoms with Crippen LogP contribution in [0.15, 0.2) is 18.2 Å². The molecule has 5 nitrogen and oxygen atoms in total. The summed E-state index contributed by atoms with van der Waals surface area (Å²) in [5, 5.41) is 0. The quantitative estimate of drug-likeness (QED) is 0.764. The Morgan fingerprint density at radius 1 is 1.28 bits per heavy atom. The summed E-state index contributed by atoms with van der Waals surface area (Å²) in [5.41, 5.74) is 6.21. The van der Waals surface area contributed by atoms with E-state index in [1.54, 1.807) is 13.1 Å². The molecule has 2 N–H and O–H groups in total. The van der Waals surface area contributed by atoms with E-state index in [2.05, 4.69) is 0 Å². The number of benzene rings is 1. The van der Waals surface area contributed by atoms with Crippen molar-refractivity contribution in [3.63, 3.8) is 0 Å². The lowest BCUT2D eigenvalue weighted by molar-refractivity contribution is -0.149. The first-order valence-electron chi connectivity index (χ1n) is 5.53. The van der Waals surface area contributed by atoms with Crippen molar-refractivity contribution in [2.75, 3.05) is 25.9 Å². The van der Waals surface area contributed by atoms with Crippen molar-refractivity contribution in [1.82, 2.24) is 9.80 Å². The lowest BCUT2D eigenvalue weighted by Crippen LogP contribution is -2.51. The molecule has 0 unspecified atom stereocenters. The van der Waals surface area contributed by atoms with Gasteiger partial charge in [-0.25, -0.2) is 4.39 Å². The number of hydrogen-bond acceptors (Lipinski definition) is 3. The second kappa shape index (κ2) is 4.64. The second-order valence-corrected chi connectivity index (χ2v) is 4.31. The maximum Gasteiger partial charge on any atom is 0.242 e. The van der Waals surface area contributed by atoms with Crippen molar-refractivity contribution in [1.29, 1.82) is 0 Å². The van der Waals surface area contributed by atoms with E-state index in [0.29, 0.717) is 0 Å². The molecule has 0 aromatic heterocycles. The fourth-order valence-corrected chi connectivity index (χ4v) is 1.84. The molecule has 2 rings (SSSR count). The highest BCUT2D eigenvalue weighted by Gasteiger charge is 2.28. The predicted molar refractivity (Wildman–Crippen MR) is 63.9 cm³/mol. The number of rotatable bonds is 2. The average Bonchev–Trinajstić information content (AvgIpc) is 2.30. The zero-order chi connectivity index (χ0) is 13.3. The first-order valence-corrected chi connectivity index (χ1v) is 5.53. The monoisotopic (exact) mass is 251 g/mol. The average molecular weight is 251 g/mol. The summed E-state index contributed by atoms with van der Waals surface area (Å²) < 4.78 is 13.6. The highest BCUT2D eigenvalue weighted by atomic mass is 19.1. The number of hydrogen-bond donors (Lipinski definition) is 1. The van der Waals surface area contributed by atoms with Gasteiger partial charge in [0.25, 0.3) is 0 Å². The third-order valence-corrected chi connectivity index (χ3v) is 2.98. The molecule has 1 aliphatic rings. The van der Waals surface area contributed by atoms with Gasteiger partial charge in [-0.2, -0.15) is 0 Å². The Morgan fingerprint density at radius 3 is 2.67 bits per heavy atom. The Balaban J connectivity index is 2.19. The number of carbonyl (C=O) groups is 2. The molecule has 1 fully saturated rings. The van der Waals surface area contributed by atoms with E-state index in [-0.39, 0.29) is 42.7 Å². The fourth-order valence-electron chi connectivity index (χ4n) is 1.84. The van der Waals surface area contributed by atoms with Crippen LogP contribution < -0.4 is 5.73 Å². The summed E-state index contributed by atoms with van der Waals surface area (Å²) >= 11 is 0. The van der Waals surface area contributed by atoms with Crippen LogP contribution in [0.1, 0.15) is 5.56 Å². The number of nitrogen functional groups attached to an aromatic ring is 1. The van der Waals surface area contributed by atoms with Gasteiger partial charge in [0.15, 0.2) is 0 Å². The van der Waals surface area contributed by atoms with Crippen LogP contribution in [-0.4, -0.2) is 41.8 Å². The smallest absolute Gasteiger partial charge is 0.242 e. The van der Waals surface area contributed by atoms with E-state index in [1.807, 2.05) is 0 Å². The van der Waals surface area contributed by atoms with Crippen LogP contribution in [-0.2, 0) is 16.1 Å². The molecule has 0 bridgehead atoms. The van der Waals surface area contributed by atoms with Crippen LogP contribution in [0.4, 0.5) is 10.1 Å². The first-order chi connectivity index (χ1) is 8.49. The summed E-state index contributed by atoms with van der Waals surface area (Å²) in [6.07, 6.45) is 0. The largest absolute Gasteiger partial charge is 0.398 e. The van der Waals surface area contributed by atoms with Gasteiger partial charge in [0.2, 0.25) is 11.8 Å². The summed E-state index contributed by atoms with van der Waals surface area (Å²) in [6, 6.07) is 4.36. The van der Waals surface area contributed by atoms with Crippen LogP contribution in [0.5, 0.6) is 0 Å². The highest BCUT2D eigenvalue weighted by Crippen LogP contribution is 2.19. The van der Waals surface area contributed by atoms with E-state index in [0.717, 1.165) is 0 Å². The first kappa shape index (κ1) is 12.3. The van der Waals surface area contributed by atoms with Gasteiger partial charge >= 0.3 is 0 Å². The highest BCUT2D eigenvalue weighted by molar-refractivity contribution is 5.92. The number of nitrogens with two attached hydrogens (primary N) is 1. The fraction of sp³-hybridized carbons (Fsp3) is 0.333. The van der Waals surface area contributed by atoms with Crippen LogP contribution in [0.25, 0.3) is 0 Å². The van der Waals surface area contributed by atoms with Gasteiger partial charge in [-0.3, -0.25) is 9.59 Å². The maximum absolute atomic E-state index is 13.6. The zero-order valence-electron chi connectivity index (χ0n) is 10.0. The molecular formula is C12H14FN3O2. The summed E-state index contributed by atoms with van der Waals surface area (Å²) in [6.45, 7) is 0.00716. The predicted octanol–water partition coefficient (Wildman–Crippen LogP) is 0.208. The van der Waals surface area contributed by atoms with Crippen molar-refractivity contribution in [2.24, 2.45) is 0 Å². The standard InChI is InChI=1S/C12H14FN3O2/c1-15-6-12(18)16(7-11(15)17)5-8-9(13)3-2-4-10(8)14/h2-4H,5-7,14H2,1H3. The minimum Gasteiger partial charge on any atom is -0.398 e. The molecule has 6 heteroatoms. The molecule has 0 atom stereocenters. The molecule has 0 spiro atoms. The van der Waals surface area contributed by atoms with Gasteiger partial charge in [0.05, 0.1) is 13.1 Å². The third-order valence-electron chi connectivity index (χ3n) is 2.98. The Labute approximate surface area is 104 Å². The number of piperazine rings is 1. The Kier molecular flexibility index (Phi) is 3.18. The molecule has 96 valence electrons. The van der Waals surface area contributed by atoms with Gasteiger partial charge in [0, 0.05) is 18.3 Å². The lowest BCUT2D eigenvalue weighted by Gasteiger charge is -2.31. The molecule has 2 amide bonds. The molecular weight excluding hydrogens is 237 g/mol. The second-order valence-electron chi connectivity index (χ2n) is 4.31. The van der Waals surface area contributed by atoms with Gasteiger partial charge < -0.3 is 15.5 Å². The number of halogens is 1. The molecule has 1 aromatic rings. The molecule has 1 aromatic carbocycles. The number of carbonyl (C=O) groups excluding carboxylic acids is 2. The van der Waals surface area contributed by atoms with Crippen molar-refractivity contribution in [3.8, 4) is 0 Å². The van der Waals surface area contributed by atoms with E-state index in [9.17, 15) is 14.0 Å². The minimum absolute atomic E-state index is 0.0210. The molecule has 18 heavy (non-hydrogen) atoms. The molecule has 0 saturated carbocycles. The summed E-state index contributed by atoms with van der Waals surface area (Å²) in [7, 11) is 1.56. The van der Waals surface area contributed by atoms with Gasteiger partial charge in [-0.1, -0.05) is 6.07 Å². The molecule has 1 heterocycles. The van der Waals surface area contributed by atoms with Crippen molar-refractivity contribution in [3.05, 3.63) is 29.6 Å². The molecule has 0 radical (unpaired) electrons. The summed E-state index contributed by atoms with van der Waals surface area (Å²) in [4.78, 5) is 25.9. The SMILES string of the molecule is CN1CC(=O)N(Cc2c(N)cccc2F)CC1=O. The van der Waals surface area contributed by atoms with Crippen LogP contribution >= 0.6 is 0 Å². The number of nitrogens with zero attached hydrogens (tertiary/aromatic N) is 2. The van der Waals surface area contributed by atoms with Crippen molar-refractivity contribution in [2.45, 2.75) is 6.54 Å². The minimum atomic E-state index is -0.464. The Hall–Kier alpha value is -2.11. The van der Waals surface area contributed by atoms with Crippen molar-refractivity contribution < 1.29 is 14.0 Å². The Morgan fingerprint density at radius 2 is 2.00 bits per heavy atom. The van der Waals surface area contributed by atoms with Crippen molar-refractivity contribution >= 4 is 17.5 Å². The number of likely N-dealkylation sites (N-methyl/N-ethyl adjacent to an activating group) is 1. The molecule has 0 aliphatic carbocycles. The van der Waals surface area contributed by atoms with E-state index in [4.69, 9.17) is 5.73 Å². The van der Waals surface area contributed by atoms with E-state index in [1.165, 1.54) is 21.9 Å². The van der Waals surface area contributed by atoms with Crippen LogP contribution in [0.3, 0.4) is 0 Å². The third kappa shape index (κ3) is 2.27. The van der Waals surface area contributed by atoms with E-state index < -0.39 is 5.82 Å². The topological polar surface area (TPSA) is 66.6 Å². The van der Waals surface area contributed by atoms with Gasteiger partial charge in [-0.15, -0.1) is 0 Å². The lowest BCUT2D eigenvalue weighted by atomic mass is 10.1.